The summed E-state index contributed by atoms with van der Waals surface area (Å²) < 4.78 is 0. The Balaban J connectivity index is 1.35. The van der Waals surface area contributed by atoms with Gasteiger partial charge < -0.3 is 10.6 Å². The van der Waals surface area contributed by atoms with E-state index in [4.69, 9.17) is 0 Å². The smallest absolute Gasteiger partial charge is 0.251 e. The third-order valence-electron chi connectivity index (χ3n) is 3.86. The van der Waals surface area contributed by atoms with E-state index < -0.39 is 0 Å². The number of aromatic nitrogens is 2. The number of nitrogens with zero attached hydrogens (tertiary/aromatic N) is 2. The number of thiazole rings is 1. The van der Waals surface area contributed by atoms with Crippen molar-refractivity contribution in [1.29, 1.82) is 0 Å². The zero-order chi connectivity index (χ0) is 18.9. The molecule has 0 saturated heterocycles. The lowest BCUT2D eigenvalue weighted by Gasteiger charge is -2.07. The molecular formula is C20H20N4O2S. The first-order valence-corrected chi connectivity index (χ1v) is 9.55. The van der Waals surface area contributed by atoms with Crippen LogP contribution in [0, 0.1) is 0 Å². The van der Waals surface area contributed by atoms with Gasteiger partial charge in [0.2, 0.25) is 5.91 Å². The monoisotopic (exact) mass is 380 g/mol. The lowest BCUT2D eigenvalue weighted by Crippen LogP contribution is -2.34. The zero-order valence-electron chi connectivity index (χ0n) is 14.7. The second-order valence-electron chi connectivity index (χ2n) is 5.85. The van der Waals surface area contributed by atoms with Gasteiger partial charge in [-0.25, -0.2) is 4.98 Å². The summed E-state index contributed by atoms with van der Waals surface area (Å²) in [6, 6.07) is 12.8. The summed E-state index contributed by atoms with van der Waals surface area (Å²) in [5.74, 6) is -0.196. The molecule has 3 aromatic rings. The molecule has 0 aliphatic carbocycles. The van der Waals surface area contributed by atoms with Crippen LogP contribution in [-0.4, -0.2) is 34.9 Å². The summed E-state index contributed by atoms with van der Waals surface area (Å²) in [5.41, 5.74) is 2.54. The van der Waals surface area contributed by atoms with E-state index >= 15 is 0 Å². The highest BCUT2D eigenvalue weighted by atomic mass is 32.1. The molecule has 27 heavy (non-hydrogen) atoms. The Morgan fingerprint density at radius 3 is 2.48 bits per heavy atom. The third kappa shape index (κ3) is 5.72. The molecular weight excluding hydrogens is 360 g/mol. The van der Waals surface area contributed by atoms with Crippen LogP contribution in [0.15, 0.2) is 60.2 Å². The molecule has 0 saturated carbocycles. The van der Waals surface area contributed by atoms with Crippen molar-refractivity contribution in [2.45, 2.75) is 12.8 Å². The van der Waals surface area contributed by atoms with E-state index in [0.29, 0.717) is 31.5 Å². The fraction of sp³-hybridized carbons (Fsp3) is 0.200. The lowest BCUT2D eigenvalue weighted by molar-refractivity contribution is -0.121. The number of rotatable bonds is 8. The Morgan fingerprint density at radius 2 is 1.70 bits per heavy atom. The lowest BCUT2D eigenvalue weighted by atomic mass is 10.2. The number of pyridine rings is 1. The Morgan fingerprint density at radius 1 is 0.963 bits per heavy atom. The average molecular weight is 380 g/mol. The second kappa shape index (κ2) is 9.59. The van der Waals surface area contributed by atoms with Crippen LogP contribution in [-0.2, 0) is 11.2 Å². The minimum Gasteiger partial charge on any atom is -0.354 e. The van der Waals surface area contributed by atoms with Gasteiger partial charge in [-0.3, -0.25) is 14.6 Å². The Labute approximate surface area is 161 Å². The first-order valence-electron chi connectivity index (χ1n) is 8.67. The molecule has 138 valence electrons. The predicted octanol–water partition coefficient (Wildman–Crippen LogP) is 2.68. The van der Waals surface area contributed by atoms with Crippen molar-refractivity contribution in [3.8, 4) is 10.6 Å². The van der Waals surface area contributed by atoms with Gasteiger partial charge in [0.05, 0.1) is 5.69 Å². The minimum absolute atomic E-state index is 0.0533. The highest BCUT2D eigenvalue weighted by Gasteiger charge is 2.08. The first-order chi connectivity index (χ1) is 13.2. The van der Waals surface area contributed by atoms with Crippen molar-refractivity contribution in [2.75, 3.05) is 13.1 Å². The molecule has 0 fully saturated rings. The molecule has 2 amide bonds. The fourth-order valence-corrected chi connectivity index (χ4v) is 3.31. The molecule has 2 heterocycles. The quantitative estimate of drug-likeness (QED) is 0.589. The topological polar surface area (TPSA) is 84.0 Å². The Kier molecular flexibility index (Phi) is 6.65. The summed E-state index contributed by atoms with van der Waals surface area (Å²) in [6.07, 6.45) is 4.43. The SMILES string of the molecule is O=C(CCc1csc(-c2ccncc2)n1)NCCNC(=O)c1ccccc1. The molecule has 7 heteroatoms. The highest BCUT2D eigenvalue weighted by Crippen LogP contribution is 2.23. The van der Waals surface area contributed by atoms with Crippen LogP contribution >= 0.6 is 11.3 Å². The van der Waals surface area contributed by atoms with Crippen molar-refractivity contribution in [3.63, 3.8) is 0 Å². The summed E-state index contributed by atoms with van der Waals surface area (Å²) in [6.45, 7) is 0.791. The van der Waals surface area contributed by atoms with Crippen LogP contribution < -0.4 is 10.6 Å². The van der Waals surface area contributed by atoms with Gasteiger partial charge in [0.25, 0.3) is 5.91 Å². The van der Waals surface area contributed by atoms with Gasteiger partial charge in [-0.1, -0.05) is 18.2 Å². The molecule has 0 unspecified atom stereocenters. The maximum absolute atomic E-state index is 12.0. The first kappa shape index (κ1) is 18.7. The average Bonchev–Trinajstić information content (AvgIpc) is 3.20. The molecule has 0 radical (unpaired) electrons. The summed E-state index contributed by atoms with van der Waals surface area (Å²) >= 11 is 1.56. The molecule has 2 aromatic heterocycles. The number of hydrogen-bond acceptors (Lipinski definition) is 5. The maximum Gasteiger partial charge on any atom is 0.251 e. The Bertz CT molecular complexity index is 881. The van der Waals surface area contributed by atoms with E-state index in [-0.39, 0.29) is 11.8 Å². The molecule has 2 N–H and O–H groups in total. The molecule has 3 rings (SSSR count). The number of carbonyl (C=O) groups is 2. The van der Waals surface area contributed by atoms with Crippen LogP contribution in [0.4, 0.5) is 0 Å². The van der Waals surface area contributed by atoms with Crippen LogP contribution in [0.2, 0.25) is 0 Å². The van der Waals surface area contributed by atoms with Crippen molar-refractivity contribution < 1.29 is 9.59 Å². The van der Waals surface area contributed by atoms with Crippen molar-refractivity contribution in [2.24, 2.45) is 0 Å². The molecule has 0 bridgehead atoms. The fourth-order valence-electron chi connectivity index (χ4n) is 2.45. The van der Waals surface area contributed by atoms with E-state index in [2.05, 4.69) is 20.6 Å². The number of nitrogens with one attached hydrogen (secondary N) is 2. The molecule has 6 nitrogen and oxygen atoms in total. The maximum atomic E-state index is 12.0. The van der Waals surface area contributed by atoms with Crippen LogP contribution in [0.1, 0.15) is 22.5 Å². The van der Waals surface area contributed by atoms with Gasteiger partial charge in [0.15, 0.2) is 0 Å². The van der Waals surface area contributed by atoms with E-state index in [1.165, 1.54) is 0 Å². The number of amides is 2. The van der Waals surface area contributed by atoms with Crippen LogP contribution in [0.25, 0.3) is 10.6 Å². The second-order valence-corrected chi connectivity index (χ2v) is 6.71. The highest BCUT2D eigenvalue weighted by molar-refractivity contribution is 7.13. The van der Waals surface area contributed by atoms with E-state index in [9.17, 15) is 9.59 Å². The number of benzene rings is 1. The molecule has 0 atom stereocenters. The van der Waals surface area contributed by atoms with Gasteiger partial charge in [0.1, 0.15) is 5.01 Å². The largest absolute Gasteiger partial charge is 0.354 e. The van der Waals surface area contributed by atoms with Crippen molar-refractivity contribution in [3.05, 3.63) is 71.5 Å². The Hall–Kier alpha value is -3.06. The van der Waals surface area contributed by atoms with Crippen molar-refractivity contribution in [1.82, 2.24) is 20.6 Å². The third-order valence-corrected chi connectivity index (χ3v) is 4.80. The number of aryl methyl sites for hydroxylation is 1. The van der Waals surface area contributed by atoms with Gasteiger partial charge in [-0.05, 0) is 30.7 Å². The van der Waals surface area contributed by atoms with Gasteiger partial charge in [-0.15, -0.1) is 11.3 Å². The summed E-state index contributed by atoms with van der Waals surface area (Å²) in [4.78, 5) is 32.4. The summed E-state index contributed by atoms with van der Waals surface area (Å²) in [5, 5.41) is 8.49. The predicted molar refractivity (Wildman–Crippen MR) is 105 cm³/mol. The van der Waals surface area contributed by atoms with Crippen LogP contribution in [0.3, 0.4) is 0 Å². The molecule has 1 aromatic carbocycles. The van der Waals surface area contributed by atoms with E-state index in [0.717, 1.165) is 16.3 Å². The number of hydrogen-bond donors (Lipinski definition) is 2. The minimum atomic E-state index is -0.143. The standard InChI is InChI=1S/C20H20N4O2S/c25-18(22-12-13-23-19(26)15-4-2-1-3-5-15)7-6-17-14-27-20(24-17)16-8-10-21-11-9-16/h1-5,8-11,14H,6-7,12-13H2,(H,22,25)(H,23,26). The van der Waals surface area contributed by atoms with E-state index in [1.807, 2.05) is 35.7 Å². The van der Waals surface area contributed by atoms with Gasteiger partial charge >= 0.3 is 0 Å². The summed E-state index contributed by atoms with van der Waals surface area (Å²) in [7, 11) is 0. The zero-order valence-corrected chi connectivity index (χ0v) is 15.5. The normalized spacial score (nSPS) is 10.4. The van der Waals surface area contributed by atoms with Crippen LogP contribution in [0.5, 0.6) is 0 Å². The van der Waals surface area contributed by atoms with Crippen molar-refractivity contribution >= 4 is 23.2 Å². The van der Waals surface area contributed by atoms with Gasteiger partial charge in [0, 0.05) is 48.4 Å². The molecule has 0 spiro atoms. The molecule has 0 aliphatic heterocycles. The van der Waals surface area contributed by atoms with E-state index in [1.54, 1.807) is 35.9 Å². The van der Waals surface area contributed by atoms with Gasteiger partial charge in [-0.2, -0.15) is 0 Å². The molecule has 0 aliphatic rings. The number of carbonyl (C=O) groups excluding carboxylic acids is 2.